The van der Waals surface area contributed by atoms with Gasteiger partial charge in [0.1, 0.15) is 11.7 Å². The number of hydrogen-bond acceptors (Lipinski definition) is 3. The average molecular weight is 276 g/mol. The highest BCUT2D eigenvalue weighted by Gasteiger charge is 2.60. The molecule has 3 fully saturated rings. The van der Waals surface area contributed by atoms with E-state index in [1.165, 1.54) is 24.8 Å². The molecule has 1 aliphatic heterocycles. The first-order valence-electron chi connectivity index (χ1n) is 7.34. The smallest absolute Gasteiger partial charge is 0.244 e. The number of hydrogen-bond donors (Lipinski definition) is 1. The summed E-state index contributed by atoms with van der Waals surface area (Å²) in [7, 11) is 0. The van der Waals surface area contributed by atoms with Gasteiger partial charge >= 0.3 is 0 Å². The molecule has 102 valence electrons. The molecule has 1 amide bonds. The predicted molar refractivity (Wildman–Crippen MR) is 75.8 cm³/mol. The van der Waals surface area contributed by atoms with Gasteiger partial charge in [-0.05, 0) is 60.9 Å². The van der Waals surface area contributed by atoms with Crippen molar-refractivity contribution in [2.45, 2.75) is 56.8 Å². The normalized spacial score (nSPS) is 30.7. The summed E-state index contributed by atoms with van der Waals surface area (Å²) in [4.78, 5) is 14.9. The van der Waals surface area contributed by atoms with Crippen molar-refractivity contribution < 1.29 is 4.79 Å². The number of nitrogens with one attached hydrogen (secondary N) is 1. The van der Waals surface area contributed by atoms with E-state index < -0.39 is 0 Å². The molecule has 2 atom stereocenters. The van der Waals surface area contributed by atoms with Gasteiger partial charge in [0.15, 0.2) is 0 Å². The zero-order valence-corrected chi connectivity index (χ0v) is 12.1. The van der Waals surface area contributed by atoms with Gasteiger partial charge in [0.25, 0.3) is 0 Å². The highest BCUT2D eigenvalue weighted by Crippen LogP contribution is 2.48. The van der Waals surface area contributed by atoms with Gasteiger partial charge in [-0.1, -0.05) is 6.42 Å². The molecule has 1 saturated heterocycles. The monoisotopic (exact) mass is 276 g/mol. The molecule has 1 aromatic rings. The molecule has 0 radical (unpaired) electrons. The lowest BCUT2D eigenvalue weighted by Gasteiger charge is -2.39. The molecule has 1 N–H and O–H groups in total. The largest absolute Gasteiger partial charge is 0.318 e. The molecule has 1 aromatic heterocycles. The standard InChI is InChI=1S/C15H20N2OS/c1-10(11-3-2-4-11)17-13(12-5-8-19-9-12)16-15(6-7-15)14(17)18/h5,8-11,13,16H,2-4,6-7H2,1H3. The van der Waals surface area contributed by atoms with Crippen LogP contribution < -0.4 is 5.32 Å². The summed E-state index contributed by atoms with van der Waals surface area (Å²) in [6, 6.07) is 2.52. The van der Waals surface area contributed by atoms with Gasteiger partial charge in [-0.25, -0.2) is 0 Å². The lowest BCUT2D eigenvalue weighted by molar-refractivity contribution is -0.134. The van der Waals surface area contributed by atoms with Crippen molar-refractivity contribution in [3.05, 3.63) is 22.4 Å². The molecule has 0 bridgehead atoms. The molecular weight excluding hydrogens is 256 g/mol. The number of nitrogens with zero attached hydrogens (tertiary/aromatic N) is 1. The Bertz CT molecular complexity index is 490. The Morgan fingerprint density at radius 2 is 2.26 bits per heavy atom. The zero-order valence-electron chi connectivity index (χ0n) is 11.3. The fraction of sp³-hybridized carbons (Fsp3) is 0.667. The highest BCUT2D eigenvalue weighted by molar-refractivity contribution is 7.07. The van der Waals surface area contributed by atoms with Crippen molar-refractivity contribution >= 4 is 17.2 Å². The van der Waals surface area contributed by atoms with Gasteiger partial charge < -0.3 is 4.90 Å². The quantitative estimate of drug-likeness (QED) is 0.920. The number of carbonyl (C=O) groups is 1. The molecule has 2 saturated carbocycles. The van der Waals surface area contributed by atoms with E-state index in [1.54, 1.807) is 11.3 Å². The maximum Gasteiger partial charge on any atom is 0.244 e. The summed E-state index contributed by atoms with van der Waals surface area (Å²) in [6.45, 7) is 2.24. The first-order chi connectivity index (χ1) is 9.21. The van der Waals surface area contributed by atoms with Crippen LogP contribution in [0.1, 0.15) is 50.8 Å². The van der Waals surface area contributed by atoms with E-state index in [4.69, 9.17) is 0 Å². The fourth-order valence-corrected chi connectivity index (χ4v) is 4.16. The molecule has 1 spiro atoms. The Kier molecular flexibility index (Phi) is 2.55. The molecule has 2 unspecified atom stereocenters. The highest BCUT2D eigenvalue weighted by atomic mass is 32.1. The van der Waals surface area contributed by atoms with Crippen molar-refractivity contribution in [1.82, 2.24) is 10.2 Å². The van der Waals surface area contributed by atoms with Crippen LogP contribution in [0.5, 0.6) is 0 Å². The van der Waals surface area contributed by atoms with E-state index >= 15 is 0 Å². The second kappa shape index (κ2) is 4.06. The topological polar surface area (TPSA) is 32.3 Å². The SMILES string of the molecule is CC(C1CCC1)N1C(=O)C2(CC2)NC1c1ccsc1. The minimum atomic E-state index is -0.204. The number of carbonyl (C=O) groups excluding carboxylic acids is 1. The molecule has 0 aromatic carbocycles. The van der Waals surface area contributed by atoms with E-state index in [-0.39, 0.29) is 11.7 Å². The first-order valence-corrected chi connectivity index (χ1v) is 8.28. The summed E-state index contributed by atoms with van der Waals surface area (Å²) >= 11 is 1.71. The molecule has 4 heteroatoms. The van der Waals surface area contributed by atoms with Gasteiger partial charge in [0.05, 0.1) is 0 Å². The van der Waals surface area contributed by atoms with E-state index in [0.29, 0.717) is 17.9 Å². The number of amides is 1. The second-order valence-corrected chi connectivity index (χ2v) is 7.11. The first kappa shape index (κ1) is 11.9. The Morgan fingerprint density at radius 3 is 2.79 bits per heavy atom. The van der Waals surface area contributed by atoms with Crippen LogP contribution in [0.15, 0.2) is 16.8 Å². The predicted octanol–water partition coefficient (Wildman–Crippen LogP) is 2.90. The molecule has 19 heavy (non-hydrogen) atoms. The van der Waals surface area contributed by atoms with E-state index in [2.05, 4.69) is 34.0 Å². The van der Waals surface area contributed by atoms with Crippen LogP contribution in [0.2, 0.25) is 0 Å². The van der Waals surface area contributed by atoms with E-state index in [1.807, 2.05) is 0 Å². The lowest BCUT2D eigenvalue weighted by Crippen LogP contribution is -2.44. The maximum atomic E-state index is 12.7. The summed E-state index contributed by atoms with van der Waals surface area (Å²) < 4.78 is 0. The van der Waals surface area contributed by atoms with Crippen molar-refractivity contribution in [1.29, 1.82) is 0 Å². The van der Waals surface area contributed by atoms with E-state index in [9.17, 15) is 4.79 Å². The van der Waals surface area contributed by atoms with Gasteiger partial charge in [0.2, 0.25) is 5.91 Å². The molecule has 4 rings (SSSR count). The van der Waals surface area contributed by atoms with Crippen LogP contribution in [0.25, 0.3) is 0 Å². The van der Waals surface area contributed by atoms with Gasteiger partial charge in [0, 0.05) is 6.04 Å². The van der Waals surface area contributed by atoms with Crippen molar-refractivity contribution in [3.63, 3.8) is 0 Å². The Balaban J connectivity index is 1.66. The summed E-state index contributed by atoms with van der Waals surface area (Å²) in [5, 5.41) is 7.89. The maximum absolute atomic E-state index is 12.7. The Labute approximate surface area is 118 Å². The van der Waals surface area contributed by atoms with Crippen molar-refractivity contribution in [3.8, 4) is 0 Å². The Morgan fingerprint density at radius 1 is 1.47 bits per heavy atom. The molecular formula is C15H20N2OS. The molecule has 2 aliphatic carbocycles. The third-order valence-electron chi connectivity index (χ3n) is 5.21. The van der Waals surface area contributed by atoms with E-state index in [0.717, 1.165) is 12.8 Å². The van der Waals surface area contributed by atoms with Crippen LogP contribution in [0.4, 0.5) is 0 Å². The van der Waals surface area contributed by atoms with Crippen molar-refractivity contribution in [2.24, 2.45) is 5.92 Å². The van der Waals surface area contributed by atoms with Crippen LogP contribution in [-0.4, -0.2) is 22.4 Å². The zero-order chi connectivity index (χ0) is 13.0. The van der Waals surface area contributed by atoms with Crippen LogP contribution in [0, 0.1) is 5.92 Å². The van der Waals surface area contributed by atoms with Gasteiger partial charge in [-0.15, -0.1) is 0 Å². The lowest BCUT2D eigenvalue weighted by atomic mass is 9.79. The minimum Gasteiger partial charge on any atom is -0.318 e. The van der Waals surface area contributed by atoms with Gasteiger partial charge in [-0.3, -0.25) is 10.1 Å². The average Bonchev–Trinajstić information content (AvgIpc) is 2.81. The van der Waals surface area contributed by atoms with Crippen LogP contribution in [-0.2, 0) is 4.79 Å². The minimum absolute atomic E-state index is 0.108. The molecule has 3 nitrogen and oxygen atoms in total. The number of rotatable bonds is 3. The Hall–Kier alpha value is -0.870. The molecule has 2 heterocycles. The molecule has 3 aliphatic rings. The third-order valence-corrected chi connectivity index (χ3v) is 5.92. The van der Waals surface area contributed by atoms with Crippen LogP contribution >= 0.6 is 11.3 Å². The fourth-order valence-electron chi connectivity index (χ4n) is 3.48. The second-order valence-electron chi connectivity index (χ2n) is 6.33. The van der Waals surface area contributed by atoms with Crippen molar-refractivity contribution in [2.75, 3.05) is 0 Å². The summed E-state index contributed by atoms with van der Waals surface area (Å²) in [5.74, 6) is 1.06. The summed E-state index contributed by atoms with van der Waals surface area (Å²) in [6.07, 6.45) is 6.04. The van der Waals surface area contributed by atoms with Gasteiger partial charge in [-0.2, -0.15) is 11.3 Å². The van der Waals surface area contributed by atoms with Crippen LogP contribution in [0.3, 0.4) is 0 Å². The third kappa shape index (κ3) is 1.69. The number of thiophene rings is 1. The summed E-state index contributed by atoms with van der Waals surface area (Å²) in [5.41, 5.74) is 1.05.